The van der Waals surface area contributed by atoms with Crippen molar-refractivity contribution in [3.8, 4) is 0 Å². The van der Waals surface area contributed by atoms with E-state index in [4.69, 9.17) is 0 Å². The van der Waals surface area contributed by atoms with Crippen molar-refractivity contribution in [1.82, 2.24) is 4.98 Å². The maximum Gasteiger partial charge on any atom is 0.133 e. The fourth-order valence-corrected chi connectivity index (χ4v) is 2.44. The summed E-state index contributed by atoms with van der Waals surface area (Å²) in [7, 11) is 0. The first-order valence-electron chi connectivity index (χ1n) is 4.11. The normalized spacial score (nSPS) is 27.2. The van der Waals surface area contributed by atoms with Gasteiger partial charge < -0.3 is 0 Å². The van der Waals surface area contributed by atoms with Gasteiger partial charge in [0.25, 0.3) is 0 Å². The average Bonchev–Trinajstić information content (AvgIpc) is 2.70. The number of hydrogen-bond donors (Lipinski definition) is 0. The van der Waals surface area contributed by atoms with Crippen molar-refractivity contribution in [2.45, 2.75) is 26.2 Å². The van der Waals surface area contributed by atoms with E-state index in [0.717, 1.165) is 17.1 Å². The zero-order valence-electron chi connectivity index (χ0n) is 7.20. The smallest absolute Gasteiger partial charge is 0.133 e. The molecule has 2 unspecified atom stereocenters. The number of carbonyl (C=O) groups excluding carboxylic acids is 1. The highest BCUT2D eigenvalue weighted by Crippen LogP contribution is 2.48. The van der Waals surface area contributed by atoms with Gasteiger partial charge in [-0.3, -0.25) is 4.79 Å². The van der Waals surface area contributed by atoms with Crippen LogP contribution in [0.15, 0.2) is 5.38 Å². The molecule has 2 nitrogen and oxygen atoms in total. The molecule has 0 N–H and O–H groups in total. The van der Waals surface area contributed by atoms with E-state index in [-0.39, 0.29) is 5.92 Å². The monoisotopic (exact) mass is 181 g/mol. The van der Waals surface area contributed by atoms with Crippen LogP contribution in [0, 0.1) is 12.8 Å². The average molecular weight is 181 g/mol. The highest BCUT2D eigenvalue weighted by Gasteiger charge is 2.43. The van der Waals surface area contributed by atoms with Gasteiger partial charge in [0, 0.05) is 22.9 Å². The quantitative estimate of drug-likeness (QED) is 0.699. The van der Waals surface area contributed by atoms with E-state index >= 15 is 0 Å². The second-order valence-corrected chi connectivity index (χ2v) is 4.28. The summed E-state index contributed by atoms with van der Waals surface area (Å²) in [5.41, 5.74) is 1.07. The highest BCUT2D eigenvalue weighted by molar-refractivity contribution is 7.09. The molecule has 1 aliphatic carbocycles. The van der Waals surface area contributed by atoms with Crippen LogP contribution < -0.4 is 0 Å². The lowest BCUT2D eigenvalue weighted by molar-refractivity contribution is -0.118. The Morgan fingerprint density at radius 3 is 2.92 bits per heavy atom. The number of ketones is 1. The van der Waals surface area contributed by atoms with Crippen LogP contribution in [0.2, 0.25) is 0 Å². The van der Waals surface area contributed by atoms with E-state index in [1.54, 1.807) is 18.3 Å². The van der Waals surface area contributed by atoms with Gasteiger partial charge in [-0.25, -0.2) is 4.98 Å². The molecule has 1 aromatic heterocycles. The first-order valence-corrected chi connectivity index (χ1v) is 4.99. The molecule has 0 spiro atoms. The fourth-order valence-electron chi connectivity index (χ4n) is 1.46. The van der Waals surface area contributed by atoms with Gasteiger partial charge in [0.05, 0.1) is 5.01 Å². The maximum atomic E-state index is 11.0. The maximum absolute atomic E-state index is 11.0. The molecular formula is C9H11NOS. The lowest BCUT2D eigenvalue weighted by atomic mass is 10.2. The summed E-state index contributed by atoms with van der Waals surface area (Å²) < 4.78 is 0. The van der Waals surface area contributed by atoms with E-state index in [0.29, 0.717) is 11.7 Å². The van der Waals surface area contributed by atoms with Gasteiger partial charge in [0.2, 0.25) is 0 Å². The van der Waals surface area contributed by atoms with E-state index in [2.05, 4.69) is 4.98 Å². The van der Waals surface area contributed by atoms with E-state index < -0.39 is 0 Å². The molecule has 12 heavy (non-hydrogen) atoms. The van der Waals surface area contributed by atoms with Crippen molar-refractivity contribution in [2.24, 2.45) is 5.92 Å². The lowest BCUT2D eigenvalue weighted by Crippen LogP contribution is -1.94. The zero-order valence-corrected chi connectivity index (χ0v) is 8.02. The third kappa shape index (κ3) is 1.29. The lowest BCUT2D eigenvalue weighted by Gasteiger charge is -1.89. The van der Waals surface area contributed by atoms with Gasteiger partial charge in [0.1, 0.15) is 5.78 Å². The summed E-state index contributed by atoms with van der Waals surface area (Å²) in [6.45, 7) is 3.66. The molecule has 2 rings (SSSR count). The molecule has 1 saturated carbocycles. The molecule has 2 atom stereocenters. The van der Waals surface area contributed by atoms with Gasteiger partial charge in [-0.15, -0.1) is 11.3 Å². The number of Topliss-reactive ketones (excluding diaryl/α,β-unsaturated/α-hetero) is 1. The number of carbonyl (C=O) groups is 1. The Bertz CT molecular complexity index is 318. The molecule has 64 valence electrons. The minimum absolute atomic E-state index is 0.274. The van der Waals surface area contributed by atoms with Gasteiger partial charge in [-0.05, 0) is 20.3 Å². The number of aryl methyl sites for hydroxylation is 1. The van der Waals surface area contributed by atoms with Crippen LogP contribution in [0.1, 0.15) is 30.0 Å². The number of aromatic nitrogens is 1. The number of nitrogens with zero attached hydrogens (tertiary/aromatic N) is 1. The molecule has 0 bridgehead atoms. The van der Waals surface area contributed by atoms with Crippen molar-refractivity contribution in [3.05, 3.63) is 16.1 Å². The molecule has 3 heteroatoms. The van der Waals surface area contributed by atoms with Gasteiger partial charge in [0.15, 0.2) is 0 Å². The second-order valence-electron chi connectivity index (χ2n) is 3.39. The molecule has 0 amide bonds. The largest absolute Gasteiger partial charge is 0.300 e. The van der Waals surface area contributed by atoms with Crippen molar-refractivity contribution >= 4 is 17.1 Å². The molecule has 0 radical (unpaired) electrons. The minimum atomic E-state index is 0.274. The van der Waals surface area contributed by atoms with E-state index in [1.807, 2.05) is 12.3 Å². The summed E-state index contributed by atoms with van der Waals surface area (Å²) in [5.74, 6) is 1.03. The summed E-state index contributed by atoms with van der Waals surface area (Å²) in [4.78, 5) is 15.3. The first kappa shape index (κ1) is 7.92. The van der Waals surface area contributed by atoms with Crippen molar-refractivity contribution < 1.29 is 4.79 Å². The second kappa shape index (κ2) is 2.66. The molecule has 1 aromatic rings. The van der Waals surface area contributed by atoms with Crippen LogP contribution in [0.4, 0.5) is 0 Å². The Morgan fingerprint density at radius 2 is 2.50 bits per heavy atom. The van der Waals surface area contributed by atoms with Crippen molar-refractivity contribution in [1.29, 1.82) is 0 Å². The van der Waals surface area contributed by atoms with E-state index in [9.17, 15) is 4.79 Å². The van der Waals surface area contributed by atoms with Gasteiger partial charge >= 0.3 is 0 Å². The fraction of sp³-hybridized carbons (Fsp3) is 0.556. The molecule has 1 fully saturated rings. The molecular weight excluding hydrogens is 170 g/mol. The van der Waals surface area contributed by atoms with Crippen LogP contribution in [0.25, 0.3) is 0 Å². The Kier molecular flexibility index (Phi) is 1.76. The Balaban J connectivity index is 2.10. The topological polar surface area (TPSA) is 30.0 Å². The Hall–Kier alpha value is -0.700. The predicted octanol–water partition coefficient (Wildman–Crippen LogP) is 2.14. The molecule has 0 saturated heterocycles. The third-order valence-corrected chi connectivity index (χ3v) is 3.36. The minimum Gasteiger partial charge on any atom is -0.300 e. The predicted molar refractivity (Wildman–Crippen MR) is 48.4 cm³/mol. The molecule has 1 heterocycles. The van der Waals surface area contributed by atoms with Crippen molar-refractivity contribution in [3.63, 3.8) is 0 Å². The molecule has 0 aromatic carbocycles. The van der Waals surface area contributed by atoms with Gasteiger partial charge in [-0.1, -0.05) is 0 Å². The summed E-state index contributed by atoms with van der Waals surface area (Å²) in [6, 6.07) is 0. The van der Waals surface area contributed by atoms with Crippen LogP contribution in [-0.2, 0) is 4.79 Å². The third-order valence-electron chi connectivity index (χ3n) is 2.27. The van der Waals surface area contributed by atoms with Crippen LogP contribution in [0.3, 0.4) is 0 Å². The SMILES string of the molecule is CC(=O)C1CC1c1nc(C)cs1. The number of rotatable bonds is 2. The summed E-state index contributed by atoms with van der Waals surface area (Å²) in [6.07, 6.45) is 1.02. The van der Waals surface area contributed by atoms with Crippen molar-refractivity contribution in [2.75, 3.05) is 0 Å². The van der Waals surface area contributed by atoms with Crippen LogP contribution in [0.5, 0.6) is 0 Å². The summed E-state index contributed by atoms with van der Waals surface area (Å²) >= 11 is 1.68. The van der Waals surface area contributed by atoms with E-state index in [1.165, 1.54) is 0 Å². The molecule has 0 aliphatic heterocycles. The zero-order chi connectivity index (χ0) is 8.72. The van der Waals surface area contributed by atoms with Crippen LogP contribution >= 0.6 is 11.3 Å². The van der Waals surface area contributed by atoms with Crippen LogP contribution in [-0.4, -0.2) is 10.8 Å². The Morgan fingerprint density at radius 1 is 1.75 bits per heavy atom. The first-order chi connectivity index (χ1) is 5.68. The number of thiazole rings is 1. The summed E-state index contributed by atoms with van der Waals surface area (Å²) in [5, 5.41) is 3.19. The number of hydrogen-bond acceptors (Lipinski definition) is 3. The molecule has 1 aliphatic rings. The highest BCUT2D eigenvalue weighted by atomic mass is 32.1. The standard InChI is InChI=1S/C9H11NOS/c1-5-4-12-9(10-5)8-3-7(8)6(2)11/h4,7-8H,3H2,1-2H3. The Labute approximate surface area is 75.6 Å². The van der Waals surface area contributed by atoms with Gasteiger partial charge in [-0.2, -0.15) is 0 Å².